The van der Waals surface area contributed by atoms with E-state index in [0.29, 0.717) is 10.0 Å². The number of hydrogen-bond acceptors (Lipinski definition) is 4. The number of rotatable bonds is 7. The molecule has 0 saturated carbocycles. The molecule has 1 heterocycles. The molecule has 28 heavy (non-hydrogen) atoms. The minimum atomic E-state index is -0.0475. The third kappa shape index (κ3) is 4.64. The van der Waals surface area contributed by atoms with Crippen LogP contribution in [0.2, 0.25) is 10.0 Å². The fourth-order valence-electron chi connectivity index (χ4n) is 3.05. The summed E-state index contributed by atoms with van der Waals surface area (Å²) in [6.07, 6.45) is 2.71. The molecule has 2 aromatic carbocycles. The van der Waals surface area contributed by atoms with Crippen molar-refractivity contribution in [3.63, 3.8) is 0 Å². The van der Waals surface area contributed by atoms with Gasteiger partial charge in [0.1, 0.15) is 5.82 Å². The van der Waals surface area contributed by atoms with Crippen LogP contribution in [0.3, 0.4) is 0 Å². The Kier molecular flexibility index (Phi) is 6.89. The molecule has 1 N–H and O–H groups in total. The van der Waals surface area contributed by atoms with Crippen LogP contribution in [0.5, 0.6) is 0 Å². The molecule has 0 aliphatic rings. The van der Waals surface area contributed by atoms with Gasteiger partial charge in [-0.25, -0.2) is 4.98 Å². The largest absolute Gasteiger partial charge is 0.394 e. The predicted molar refractivity (Wildman–Crippen MR) is 117 cm³/mol. The van der Waals surface area contributed by atoms with E-state index in [1.807, 2.05) is 55.5 Å². The van der Waals surface area contributed by atoms with Crippen molar-refractivity contribution in [1.82, 2.24) is 9.97 Å². The summed E-state index contributed by atoms with van der Waals surface area (Å²) in [7, 11) is 0. The first kappa shape index (κ1) is 20.6. The van der Waals surface area contributed by atoms with Gasteiger partial charge in [0.05, 0.1) is 30.2 Å². The van der Waals surface area contributed by atoms with Crippen LogP contribution in [0.4, 0.5) is 5.82 Å². The van der Waals surface area contributed by atoms with Gasteiger partial charge in [0, 0.05) is 27.7 Å². The number of halogens is 2. The summed E-state index contributed by atoms with van der Waals surface area (Å²) in [6.45, 7) is 4.92. The second-order valence-corrected chi connectivity index (χ2v) is 7.54. The Morgan fingerprint density at radius 2 is 1.46 bits per heavy atom. The van der Waals surface area contributed by atoms with Crippen molar-refractivity contribution in [1.29, 1.82) is 0 Å². The third-order valence-corrected chi connectivity index (χ3v) is 5.05. The molecule has 3 rings (SSSR count). The molecule has 0 aliphatic heterocycles. The molecule has 1 atom stereocenters. The SMILES string of the molecule is CCCN(c1cnc(-c2ccc(Cl)cc2)c(-c2ccc(Cl)cc2)n1)[C@H](C)CO. The standard InChI is InChI=1S/C22H23Cl2N3O/c1-3-12-27(15(2)14-28)20-13-25-21(16-4-8-18(23)9-5-16)22(26-20)17-6-10-19(24)11-7-17/h4-11,13,15,28H,3,12,14H2,1-2H3/t15-/m1/s1. The Balaban J connectivity index is 2.15. The van der Waals surface area contributed by atoms with E-state index in [1.165, 1.54) is 0 Å². The Labute approximate surface area is 175 Å². The van der Waals surface area contributed by atoms with Gasteiger partial charge >= 0.3 is 0 Å². The topological polar surface area (TPSA) is 49.2 Å². The van der Waals surface area contributed by atoms with Gasteiger partial charge in [-0.1, -0.05) is 54.4 Å². The van der Waals surface area contributed by atoms with Crippen molar-refractivity contribution in [3.8, 4) is 22.5 Å². The van der Waals surface area contributed by atoms with Crippen LogP contribution in [0.1, 0.15) is 20.3 Å². The Morgan fingerprint density at radius 3 is 1.96 bits per heavy atom. The Bertz CT molecular complexity index is 914. The highest BCUT2D eigenvalue weighted by Crippen LogP contribution is 2.32. The van der Waals surface area contributed by atoms with Crippen molar-refractivity contribution in [2.75, 3.05) is 18.1 Å². The highest BCUT2D eigenvalue weighted by atomic mass is 35.5. The predicted octanol–water partition coefficient (Wildman–Crippen LogP) is 5.71. The minimum absolute atomic E-state index is 0.0475. The highest BCUT2D eigenvalue weighted by Gasteiger charge is 2.18. The van der Waals surface area contributed by atoms with Crippen molar-refractivity contribution in [2.45, 2.75) is 26.3 Å². The van der Waals surface area contributed by atoms with Gasteiger partial charge in [-0.3, -0.25) is 4.98 Å². The maximum Gasteiger partial charge on any atom is 0.148 e. The summed E-state index contributed by atoms with van der Waals surface area (Å²) in [4.78, 5) is 11.8. The first-order valence-corrected chi connectivity index (χ1v) is 10.1. The van der Waals surface area contributed by atoms with E-state index >= 15 is 0 Å². The lowest BCUT2D eigenvalue weighted by molar-refractivity contribution is 0.266. The van der Waals surface area contributed by atoms with Crippen LogP contribution in [-0.2, 0) is 0 Å². The molecule has 1 aromatic heterocycles. The van der Waals surface area contributed by atoms with E-state index < -0.39 is 0 Å². The molecular formula is C22H23Cl2N3O. The first-order valence-electron chi connectivity index (χ1n) is 9.30. The first-order chi connectivity index (χ1) is 13.5. The van der Waals surface area contributed by atoms with Gasteiger partial charge < -0.3 is 10.0 Å². The zero-order valence-corrected chi connectivity index (χ0v) is 17.5. The summed E-state index contributed by atoms with van der Waals surface area (Å²) in [5.74, 6) is 0.742. The van der Waals surface area contributed by atoms with Crippen LogP contribution >= 0.6 is 23.2 Å². The molecule has 0 aliphatic carbocycles. The van der Waals surface area contributed by atoms with Gasteiger partial charge in [-0.05, 0) is 37.6 Å². The molecule has 0 unspecified atom stereocenters. The molecule has 0 fully saturated rings. The Hall–Kier alpha value is -2.14. The molecule has 4 nitrogen and oxygen atoms in total. The molecule has 0 bridgehead atoms. The lowest BCUT2D eigenvalue weighted by Crippen LogP contribution is -2.37. The van der Waals surface area contributed by atoms with Crippen LogP contribution in [0, 0.1) is 0 Å². The number of aliphatic hydroxyl groups excluding tert-OH is 1. The van der Waals surface area contributed by atoms with Crippen molar-refractivity contribution in [3.05, 3.63) is 64.8 Å². The molecule has 0 spiro atoms. The number of anilines is 1. The second-order valence-electron chi connectivity index (χ2n) is 6.66. The molecule has 0 amide bonds. The summed E-state index contributed by atoms with van der Waals surface area (Å²) in [6, 6.07) is 15.1. The average molecular weight is 416 g/mol. The van der Waals surface area contributed by atoms with Crippen LogP contribution in [0.15, 0.2) is 54.7 Å². The molecule has 146 valence electrons. The molecular weight excluding hydrogens is 393 g/mol. The normalized spacial score (nSPS) is 12.0. The lowest BCUT2D eigenvalue weighted by atomic mass is 10.0. The molecule has 6 heteroatoms. The number of benzene rings is 2. The van der Waals surface area contributed by atoms with Crippen molar-refractivity contribution >= 4 is 29.0 Å². The maximum absolute atomic E-state index is 9.65. The zero-order chi connectivity index (χ0) is 20.1. The fraction of sp³-hybridized carbons (Fsp3) is 0.273. The summed E-state index contributed by atoms with van der Waals surface area (Å²) >= 11 is 12.1. The minimum Gasteiger partial charge on any atom is -0.394 e. The molecule has 0 radical (unpaired) electrons. The second kappa shape index (κ2) is 9.37. The monoisotopic (exact) mass is 415 g/mol. The Morgan fingerprint density at radius 1 is 0.929 bits per heavy atom. The van der Waals surface area contributed by atoms with Crippen LogP contribution in [-0.4, -0.2) is 34.3 Å². The van der Waals surface area contributed by atoms with Gasteiger partial charge in [0.15, 0.2) is 0 Å². The number of hydrogen-bond donors (Lipinski definition) is 1. The highest BCUT2D eigenvalue weighted by molar-refractivity contribution is 6.31. The lowest BCUT2D eigenvalue weighted by Gasteiger charge is -2.29. The van der Waals surface area contributed by atoms with Gasteiger partial charge in [-0.2, -0.15) is 0 Å². The zero-order valence-electron chi connectivity index (χ0n) is 15.9. The summed E-state index contributed by atoms with van der Waals surface area (Å²) in [5, 5.41) is 11.0. The third-order valence-electron chi connectivity index (χ3n) is 4.55. The number of aliphatic hydroxyl groups is 1. The molecule has 0 saturated heterocycles. The van der Waals surface area contributed by atoms with Crippen molar-refractivity contribution in [2.24, 2.45) is 0 Å². The van der Waals surface area contributed by atoms with Crippen molar-refractivity contribution < 1.29 is 5.11 Å². The number of aromatic nitrogens is 2. The van der Waals surface area contributed by atoms with Gasteiger partial charge in [0.25, 0.3) is 0 Å². The average Bonchev–Trinajstić information content (AvgIpc) is 2.72. The van der Waals surface area contributed by atoms with E-state index in [-0.39, 0.29) is 12.6 Å². The summed E-state index contributed by atoms with van der Waals surface area (Å²) in [5.41, 5.74) is 3.40. The van der Waals surface area contributed by atoms with E-state index in [1.54, 1.807) is 6.20 Å². The fourth-order valence-corrected chi connectivity index (χ4v) is 3.30. The smallest absolute Gasteiger partial charge is 0.148 e. The van der Waals surface area contributed by atoms with E-state index in [0.717, 1.165) is 41.3 Å². The van der Waals surface area contributed by atoms with E-state index in [9.17, 15) is 5.11 Å². The van der Waals surface area contributed by atoms with Crippen LogP contribution in [0.25, 0.3) is 22.5 Å². The maximum atomic E-state index is 9.65. The quantitative estimate of drug-likeness (QED) is 0.536. The van der Waals surface area contributed by atoms with Crippen LogP contribution < -0.4 is 4.90 Å². The van der Waals surface area contributed by atoms with E-state index in [4.69, 9.17) is 33.2 Å². The molecule has 3 aromatic rings. The summed E-state index contributed by atoms with van der Waals surface area (Å²) < 4.78 is 0. The van der Waals surface area contributed by atoms with Gasteiger partial charge in [-0.15, -0.1) is 0 Å². The number of nitrogens with zero attached hydrogens (tertiary/aromatic N) is 3. The van der Waals surface area contributed by atoms with E-state index in [2.05, 4.69) is 11.8 Å². The van der Waals surface area contributed by atoms with Gasteiger partial charge in [0.2, 0.25) is 0 Å².